The number of alkyl halides is 3. The van der Waals surface area contributed by atoms with Gasteiger partial charge in [-0.3, -0.25) is 20.0 Å². The van der Waals surface area contributed by atoms with Crippen molar-refractivity contribution in [2.45, 2.75) is 26.4 Å². The highest BCUT2D eigenvalue weighted by molar-refractivity contribution is 5.96. The lowest BCUT2D eigenvalue weighted by Crippen LogP contribution is -2.53. The van der Waals surface area contributed by atoms with Crippen molar-refractivity contribution in [2.75, 3.05) is 19.6 Å². The van der Waals surface area contributed by atoms with Gasteiger partial charge in [0.15, 0.2) is 5.69 Å². The number of para-hydroxylation sites is 1. The van der Waals surface area contributed by atoms with Crippen LogP contribution in [0, 0.1) is 11.8 Å². The Balaban J connectivity index is 1.81. The number of amides is 3. The van der Waals surface area contributed by atoms with Crippen LogP contribution in [-0.2, 0) is 11.0 Å². The molecule has 178 valence electrons. The fourth-order valence-corrected chi connectivity index (χ4v) is 3.82. The van der Waals surface area contributed by atoms with Crippen LogP contribution in [0.3, 0.4) is 0 Å². The zero-order chi connectivity index (χ0) is 24.3. The van der Waals surface area contributed by atoms with Crippen molar-refractivity contribution in [3.05, 3.63) is 47.8 Å². The Morgan fingerprint density at radius 3 is 2.45 bits per heavy atom. The molecule has 3 amide bonds. The van der Waals surface area contributed by atoms with Crippen molar-refractivity contribution in [2.24, 2.45) is 11.8 Å². The number of hydrogen-bond donors (Lipinski definition) is 2. The summed E-state index contributed by atoms with van der Waals surface area (Å²) in [5, 5.41) is 13.6. The van der Waals surface area contributed by atoms with Gasteiger partial charge in [-0.25, -0.2) is 9.48 Å². The first kappa shape index (κ1) is 24.1. The molecule has 0 spiro atoms. The van der Waals surface area contributed by atoms with E-state index in [1.807, 2.05) is 0 Å². The van der Waals surface area contributed by atoms with Gasteiger partial charge in [0.05, 0.1) is 11.3 Å². The lowest BCUT2D eigenvalue weighted by atomic mass is 9.86. The number of rotatable bonds is 4. The highest BCUT2D eigenvalue weighted by Crippen LogP contribution is 2.31. The van der Waals surface area contributed by atoms with Gasteiger partial charge < -0.3 is 10.0 Å². The maximum Gasteiger partial charge on any atom is 0.435 e. The van der Waals surface area contributed by atoms with Crippen LogP contribution in [0.5, 0.6) is 0 Å². The first-order valence-electron chi connectivity index (χ1n) is 10.4. The molecule has 2 N–H and O–H groups in total. The van der Waals surface area contributed by atoms with E-state index >= 15 is 0 Å². The summed E-state index contributed by atoms with van der Waals surface area (Å²) in [6.07, 6.45) is -4.74. The van der Waals surface area contributed by atoms with Gasteiger partial charge in [0, 0.05) is 31.7 Å². The number of benzene rings is 1. The molecule has 1 fully saturated rings. The molecule has 0 bridgehead atoms. The molecule has 1 aromatic heterocycles. The second-order valence-electron chi connectivity index (χ2n) is 7.79. The molecule has 0 aliphatic carbocycles. The van der Waals surface area contributed by atoms with Gasteiger partial charge in [-0.1, -0.05) is 25.1 Å². The molecule has 2 aromatic rings. The maximum absolute atomic E-state index is 13.6. The molecule has 1 aromatic carbocycles. The SMILES string of the molecule is CCN(NC(=O)c1cn(-c2ccccc2)nc1C(F)(F)F)C(=O)C1CCN(C(=O)O)CC1C. The first-order valence-corrected chi connectivity index (χ1v) is 10.4. The van der Waals surface area contributed by atoms with Crippen LogP contribution < -0.4 is 5.43 Å². The average Bonchev–Trinajstić information content (AvgIpc) is 3.24. The van der Waals surface area contributed by atoms with Crippen LogP contribution >= 0.6 is 0 Å². The summed E-state index contributed by atoms with van der Waals surface area (Å²) >= 11 is 0. The summed E-state index contributed by atoms with van der Waals surface area (Å²) in [4.78, 5) is 38.2. The zero-order valence-electron chi connectivity index (χ0n) is 18.0. The Kier molecular flexibility index (Phi) is 6.94. The average molecular weight is 467 g/mol. The summed E-state index contributed by atoms with van der Waals surface area (Å²) in [7, 11) is 0. The van der Waals surface area contributed by atoms with Crippen molar-refractivity contribution >= 4 is 17.9 Å². The van der Waals surface area contributed by atoms with E-state index in [0.29, 0.717) is 5.69 Å². The number of aromatic nitrogens is 2. The Labute approximate surface area is 187 Å². The summed E-state index contributed by atoms with van der Waals surface area (Å²) in [5.74, 6) is -2.49. The maximum atomic E-state index is 13.6. The monoisotopic (exact) mass is 467 g/mol. The first-order chi connectivity index (χ1) is 15.5. The molecule has 2 heterocycles. The second kappa shape index (κ2) is 9.51. The van der Waals surface area contributed by atoms with Crippen molar-refractivity contribution in [3.8, 4) is 5.69 Å². The normalized spacial score (nSPS) is 18.6. The largest absolute Gasteiger partial charge is 0.465 e. The van der Waals surface area contributed by atoms with E-state index in [1.54, 1.807) is 44.2 Å². The highest BCUT2D eigenvalue weighted by atomic mass is 19.4. The Morgan fingerprint density at radius 1 is 1.24 bits per heavy atom. The number of likely N-dealkylation sites (tertiary alicyclic amines) is 1. The molecule has 1 saturated heterocycles. The number of carbonyl (C=O) groups is 3. The lowest BCUT2D eigenvalue weighted by molar-refractivity contribution is -0.141. The number of piperidine rings is 1. The summed E-state index contributed by atoms with van der Waals surface area (Å²) in [5.41, 5.74) is 0.529. The van der Waals surface area contributed by atoms with Crippen molar-refractivity contribution in [1.82, 2.24) is 25.1 Å². The number of carboxylic acid groups (broad SMARTS) is 1. The number of hydrogen-bond acceptors (Lipinski definition) is 4. The smallest absolute Gasteiger partial charge is 0.435 e. The van der Waals surface area contributed by atoms with Gasteiger partial charge in [-0.2, -0.15) is 18.3 Å². The number of nitrogens with one attached hydrogen (secondary N) is 1. The van der Waals surface area contributed by atoms with Gasteiger partial charge in [0.25, 0.3) is 5.91 Å². The van der Waals surface area contributed by atoms with Gasteiger partial charge in [0.2, 0.25) is 5.91 Å². The third kappa shape index (κ3) is 5.26. The van der Waals surface area contributed by atoms with E-state index in [0.717, 1.165) is 15.9 Å². The molecule has 2 unspecified atom stereocenters. The molecular weight excluding hydrogens is 443 g/mol. The Bertz CT molecular complexity index is 1020. The van der Waals surface area contributed by atoms with Gasteiger partial charge in [0.1, 0.15) is 0 Å². The van der Waals surface area contributed by atoms with Crippen LogP contribution in [0.2, 0.25) is 0 Å². The molecule has 12 heteroatoms. The fraction of sp³-hybridized carbons (Fsp3) is 0.429. The molecule has 2 atom stereocenters. The molecule has 0 saturated carbocycles. The Morgan fingerprint density at radius 2 is 1.91 bits per heavy atom. The molecule has 1 aliphatic rings. The molecule has 0 radical (unpaired) electrons. The summed E-state index contributed by atoms with van der Waals surface area (Å²) in [6, 6.07) is 8.03. The van der Waals surface area contributed by atoms with Crippen LogP contribution in [0.1, 0.15) is 36.3 Å². The fourth-order valence-electron chi connectivity index (χ4n) is 3.82. The molecule has 3 rings (SSSR count). The van der Waals surface area contributed by atoms with Crippen LogP contribution in [-0.4, -0.2) is 62.3 Å². The summed E-state index contributed by atoms with van der Waals surface area (Å²) in [6.45, 7) is 3.62. The van der Waals surface area contributed by atoms with E-state index < -0.39 is 41.3 Å². The standard InChI is InChI=1S/C21H24F3N5O4/c1-3-28(19(31)15-9-10-27(20(32)33)11-13(15)2)26-18(30)16-12-29(14-7-5-4-6-8-14)25-17(16)21(22,23)24/h4-8,12-13,15H,3,9-11H2,1-2H3,(H,26,30)(H,32,33). The van der Waals surface area contributed by atoms with Crippen molar-refractivity contribution < 1.29 is 32.7 Å². The third-order valence-electron chi connectivity index (χ3n) is 5.56. The predicted molar refractivity (Wildman–Crippen MR) is 110 cm³/mol. The van der Waals surface area contributed by atoms with Crippen LogP contribution in [0.4, 0.5) is 18.0 Å². The van der Waals surface area contributed by atoms with Crippen LogP contribution in [0.15, 0.2) is 36.5 Å². The molecule has 9 nitrogen and oxygen atoms in total. The van der Waals surface area contributed by atoms with E-state index in [-0.39, 0.29) is 32.0 Å². The third-order valence-corrected chi connectivity index (χ3v) is 5.56. The minimum Gasteiger partial charge on any atom is -0.465 e. The van der Waals surface area contributed by atoms with Crippen molar-refractivity contribution in [1.29, 1.82) is 0 Å². The van der Waals surface area contributed by atoms with E-state index in [4.69, 9.17) is 5.11 Å². The Hall–Kier alpha value is -3.57. The summed E-state index contributed by atoms with van der Waals surface area (Å²) < 4.78 is 41.7. The lowest BCUT2D eigenvalue weighted by Gasteiger charge is -2.36. The van der Waals surface area contributed by atoms with Gasteiger partial charge in [-0.05, 0) is 31.4 Å². The zero-order valence-corrected chi connectivity index (χ0v) is 18.0. The minimum atomic E-state index is -4.88. The number of nitrogens with zero attached hydrogens (tertiary/aromatic N) is 4. The van der Waals surface area contributed by atoms with Gasteiger partial charge in [-0.15, -0.1) is 0 Å². The molecule has 1 aliphatic heterocycles. The van der Waals surface area contributed by atoms with E-state index in [9.17, 15) is 27.6 Å². The van der Waals surface area contributed by atoms with Crippen LogP contribution in [0.25, 0.3) is 5.69 Å². The highest BCUT2D eigenvalue weighted by Gasteiger charge is 2.40. The number of hydrazine groups is 1. The van der Waals surface area contributed by atoms with E-state index in [2.05, 4.69) is 10.5 Å². The van der Waals surface area contributed by atoms with E-state index in [1.165, 1.54) is 4.90 Å². The topological polar surface area (TPSA) is 108 Å². The molecular formula is C21H24F3N5O4. The number of carbonyl (C=O) groups excluding carboxylic acids is 2. The van der Waals surface area contributed by atoms with Crippen molar-refractivity contribution in [3.63, 3.8) is 0 Å². The van der Waals surface area contributed by atoms with Gasteiger partial charge >= 0.3 is 12.3 Å². The quantitative estimate of drug-likeness (QED) is 0.673. The minimum absolute atomic E-state index is 0.0185. The second-order valence-corrected chi connectivity index (χ2v) is 7.79. The number of halogens is 3. The predicted octanol–water partition coefficient (Wildman–Crippen LogP) is 3.02. The molecule has 33 heavy (non-hydrogen) atoms.